The Balaban J connectivity index is 1.28. The van der Waals surface area contributed by atoms with Crippen LogP contribution in [0.5, 0.6) is 0 Å². The average molecular weight is 400 g/mol. The van der Waals surface area contributed by atoms with Crippen LogP contribution < -0.4 is 0 Å². The molecule has 29 heavy (non-hydrogen) atoms. The number of ether oxygens (including phenoxy) is 2. The summed E-state index contributed by atoms with van der Waals surface area (Å²) < 4.78 is 22.3. The third-order valence-corrected chi connectivity index (χ3v) is 4.54. The van der Waals surface area contributed by atoms with Crippen LogP contribution in [0, 0.1) is 0 Å². The summed E-state index contributed by atoms with van der Waals surface area (Å²) in [5, 5.41) is 4.88. The molecule has 0 atom stereocenters. The molecule has 0 spiro atoms. The lowest BCUT2D eigenvalue weighted by molar-refractivity contribution is -0.0190. The molecular weight excluding hydrogens is 376 g/mol. The van der Waals surface area contributed by atoms with Gasteiger partial charge in [-0.1, -0.05) is 5.16 Å². The number of furan rings is 1. The number of carbonyl (C=O) groups is 1. The summed E-state index contributed by atoms with van der Waals surface area (Å²) in [6, 6.07) is 3.69. The predicted molar refractivity (Wildman–Crippen MR) is 103 cm³/mol. The molecule has 0 radical (unpaired) electrons. The normalized spacial score (nSPS) is 15.8. The van der Waals surface area contributed by atoms with Crippen molar-refractivity contribution < 1.29 is 23.2 Å². The van der Waals surface area contributed by atoms with Gasteiger partial charge in [0.1, 0.15) is 12.2 Å². The lowest BCUT2D eigenvalue weighted by Crippen LogP contribution is -2.43. The van der Waals surface area contributed by atoms with E-state index in [4.69, 9.17) is 18.4 Å². The van der Waals surface area contributed by atoms with Gasteiger partial charge in [-0.15, -0.1) is 0 Å². The molecule has 3 aromatic rings. The second-order valence-corrected chi connectivity index (χ2v) is 8.02. The third-order valence-electron chi connectivity index (χ3n) is 4.54. The van der Waals surface area contributed by atoms with Gasteiger partial charge < -0.3 is 23.3 Å². The van der Waals surface area contributed by atoms with Gasteiger partial charge in [0, 0.05) is 24.7 Å². The van der Waals surface area contributed by atoms with Crippen molar-refractivity contribution in [1.82, 2.24) is 20.0 Å². The number of nitrogens with zero attached hydrogens (tertiary/aromatic N) is 4. The smallest absolute Gasteiger partial charge is 0.410 e. The quantitative estimate of drug-likeness (QED) is 0.651. The summed E-state index contributed by atoms with van der Waals surface area (Å²) in [5.74, 6) is 1.25. The summed E-state index contributed by atoms with van der Waals surface area (Å²) in [4.78, 5) is 22.2. The van der Waals surface area contributed by atoms with E-state index in [9.17, 15) is 4.79 Å². The maximum Gasteiger partial charge on any atom is 0.410 e. The van der Waals surface area contributed by atoms with Crippen LogP contribution in [0.25, 0.3) is 22.6 Å². The zero-order chi connectivity index (χ0) is 20.4. The van der Waals surface area contributed by atoms with Crippen molar-refractivity contribution in [1.29, 1.82) is 0 Å². The Hall–Kier alpha value is -2.94. The highest BCUT2D eigenvalue weighted by atomic mass is 16.6. The fraction of sp³-hybridized carbons (Fsp3) is 0.500. The van der Waals surface area contributed by atoms with Gasteiger partial charge in [-0.05, 0) is 45.7 Å². The highest BCUT2D eigenvalue weighted by Gasteiger charge is 2.27. The van der Waals surface area contributed by atoms with Gasteiger partial charge >= 0.3 is 6.09 Å². The molecule has 4 rings (SSSR count). The zero-order valence-corrected chi connectivity index (χ0v) is 16.8. The molecule has 1 fully saturated rings. The summed E-state index contributed by atoms with van der Waals surface area (Å²) >= 11 is 0. The van der Waals surface area contributed by atoms with Crippen molar-refractivity contribution in [2.45, 2.75) is 51.9 Å². The monoisotopic (exact) mass is 400 g/mol. The number of amides is 1. The molecule has 0 bridgehead atoms. The van der Waals surface area contributed by atoms with Crippen molar-refractivity contribution >= 4 is 17.1 Å². The lowest BCUT2D eigenvalue weighted by Gasteiger charge is -2.33. The molecule has 1 aliphatic rings. The highest BCUT2D eigenvalue weighted by Crippen LogP contribution is 2.26. The van der Waals surface area contributed by atoms with Crippen molar-refractivity contribution in [3.8, 4) is 11.7 Å². The first-order chi connectivity index (χ1) is 13.9. The molecule has 0 unspecified atom stereocenters. The Kier molecular flexibility index (Phi) is 5.23. The van der Waals surface area contributed by atoms with E-state index >= 15 is 0 Å². The Morgan fingerprint density at radius 1 is 1.31 bits per heavy atom. The standard InChI is InChI=1S/C20H24N4O5/c1-20(2,3)28-19(25)24-8-5-14(6-9-24)26-12-17-22-18(29-23-17)15-10-13-4-7-21-11-16(13)27-15/h4,7,10-11,14H,5-6,8-9,12H2,1-3H3. The summed E-state index contributed by atoms with van der Waals surface area (Å²) in [5.41, 5.74) is 0.173. The van der Waals surface area contributed by atoms with Crippen LogP contribution in [-0.2, 0) is 16.1 Å². The van der Waals surface area contributed by atoms with E-state index in [2.05, 4.69) is 15.1 Å². The topological polar surface area (TPSA) is 104 Å². The molecule has 154 valence electrons. The summed E-state index contributed by atoms with van der Waals surface area (Å²) in [6.45, 7) is 7.03. The van der Waals surface area contributed by atoms with Crippen molar-refractivity contribution in [3.63, 3.8) is 0 Å². The fourth-order valence-corrected chi connectivity index (χ4v) is 3.13. The molecule has 1 amide bonds. The number of fused-ring (bicyclic) bond motifs is 1. The minimum Gasteiger partial charge on any atom is -0.449 e. The molecule has 1 aliphatic heterocycles. The van der Waals surface area contributed by atoms with Gasteiger partial charge in [0.05, 0.1) is 12.3 Å². The number of hydrogen-bond acceptors (Lipinski definition) is 8. The average Bonchev–Trinajstić information content (AvgIpc) is 3.32. The minimum absolute atomic E-state index is 0.0351. The molecule has 3 aromatic heterocycles. The number of carbonyl (C=O) groups excluding carboxylic acids is 1. The molecular formula is C20H24N4O5. The van der Waals surface area contributed by atoms with Crippen LogP contribution >= 0.6 is 0 Å². The van der Waals surface area contributed by atoms with Crippen molar-refractivity contribution in [2.75, 3.05) is 13.1 Å². The van der Waals surface area contributed by atoms with Crippen LogP contribution in [0.3, 0.4) is 0 Å². The molecule has 9 heteroatoms. The van der Waals surface area contributed by atoms with E-state index in [1.54, 1.807) is 17.3 Å². The molecule has 0 aromatic carbocycles. The van der Waals surface area contributed by atoms with Gasteiger partial charge in [-0.25, -0.2) is 4.79 Å². The van der Waals surface area contributed by atoms with E-state index in [0.717, 1.165) is 18.2 Å². The Morgan fingerprint density at radius 2 is 2.10 bits per heavy atom. The number of likely N-dealkylation sites (tertiary alicyclic amines) is 1. The Morgan fingerprint density at radius 3 is 2.83 bits per heavy atom. The molecule has 0 aliphatic carbocycles. The zero-order valence-electron chi connectivity index (χ0n) is 16.8. The molecule has 0 saturated carbocycles. The van der Waals surface area contributed by atoms with E-state index in [1.807, 2.05) is 32.9 Å². The van der Waals surface area contributed by atoms with Crippen LogP contribution in [0.15, 0.2) is 33.5 Å². The molecule has 4 heterocycles. The van der Waals surface area contributed by atoms with E-state index < -0.39 is 5.60 Å². The van der Waals surface area contributed by atoms with Crippen LogP contribution in [0.2, 0.25) is 0 Å². The molecule has 1 saturated heterocycles. The summed E-state index contributed by atoms with van der Waals surface area (Å²) in [6.07, 6.45) is 4.57. The predicted octanol–water partition coefficient (Wildman–Crippen LogP) is 3.79. The van der Waals surface area contributed by atoms with E-state index in [-0.39, 0.29) is 18.8 Å². The maximum atomic E-state index is 12.1. The highest BCUT2D eigenvalue weighted by molar-refractivity contribution is 5.80. The number of rotatable bonds is 4. The summed E-state index contributed by atoms with van der Waals surface area (Å²) in [7, 11) is 0. The van der Waals surface area contributed by atoms with Gasteiger partial charge in [0.2, 0.25) is 0 Å². The molecule has 0 N–H and O–H groups in total. The lowest BCUT2D eigenvalue weighted by atomic mass is 10.1. The van der Waals surface area contributed by atoms with Gasteiger partial charge in [-0.3, -0.25) is 4.98 Å². The first-order valence-corrected chi connectivity index (χ1v) is 9.63. The third kappa shape index (κ3) is 4.73. The Labute approximate surface area is 168 Å². The second kappa shape index (κ2) is 7.82. The fourth-order valence-electron chi connectivity index (χ4n) is 3.13. The molecule has 9 nitrogen and oxygen atoms in total. The van der Waals surface area contributed by atoms with Crippen LogP contribution in [-0.4, -0.2) is 50.9 Å². The first kappa shape index (κ1) is 19.4. The minimum atomic E-state index is -0.489. The van der Waals surface area contributed by atoms with Gasteiger partial charge in [-0.2, -0.15) is 4.98 Å². The maximum absolute atomic E-state index is 12.1. The number of hydrogen-bond donors (Lipinski definition) is 0. The van der Waals surface area contributed by atoms with Gasteiger partial charge in [0.25, 0.3) is 5.89 Å². The number of piperidine rings is 1. The Bertz CT molecular complexity index is 949. The number of pyridine rings is 1. The van der Waals surface area contributed by atoms with Gasteiger partial charge in [0.15, 0.2) is 17.2 Å². The number of aromatic nitrogens is 3. The van der Waals surface area contributed by atoms with Crippen LogP contribution in [0.1, 0.15) is 39.4 Å². The SMILES string of the molecule is CC(C)(C)OC(=O)N1CCC(OCc2noc(-c3cc4ccncc4o3)n2)CC1. The second-order valence-electron chi connectivity index (χ2n) is 8.02. The van der Waals surface area contributed by atoms with E-state index in [0.29, 0.717) is 36.1 Å². The van der Waals surface area contributed by atoms with E-state index in [1.165, 1.54) is 0 Å². The van der Waals surface area contributed by atoms with Crippen LogP contribution in [0.4, 0.5) is 4.79 Å². The van der Waals surface area contributed by atoms with Crippen molar-refractivity contribution in [2.24, 2.45) is 0 Å². The largest absolute Gasteiger partial charge is 0.449 e. The first-order valence-electron chi connectivity index (χ1n) is 9.63. The van der Waals surface area contributed by atoms with Crippen molar-refractivity contribution in [3.05, 3.63) is 30.4 Å².